The zero-order valence-corrected chi connectivity index (χ0v) is 10.2. The summed E-state index contributed by atoms with van der Waals surface area (Å²) in [5.74, 6) is 0.194. The monoisotopic (exact) mass is 260 g/mol. The summed E-state index contributed by atoms with van der Waals surface area (Å²) in [7, 11) is 0. The minimum absolute atomic E-state index is 0.0682. The van der Waals surface area contributed by atoms with E-state index in [4.69, 9.17) is 0 Å². The number of carbonyl (C=O) groups excluding carboxylic acids is 1. The Bertz CT molecular complexity index is 604. The summed E-state index contributed by atoms with van der Waals surface area (Å²) >= 11 is 0. The highest BCUT2D eigenvalue weighted by Gasteiger charge is 2.11. The van der Waals surface area contributed by atoms with Gasteiger partial charge in [0.15, 0.2) is 0 Å². The van der Waals surface area contributed by atoms with Gasteiger partial charge < -0.3 is 15.4 Å². The van der Waals surface area contributed by atoms with Crippen molar-refractivity contribution in [1.82, 2.24) is 9.97 Å². The van der Waals surface area contributed by atoms with E-state index in [0.717, 1.165) is 0 Å². The predicted octanol–water partition coefficient (Wildman–Crippen LogP) is 2.33. The molecule has 0 aliphatic heterocycles. The molecule has 0 saturated carbocycles. The lowest BCUT2D eigenvalue weighted by Crippen LogP contribution is -2.09. The molecule has 1 aromatic heterocycles. The van der Waals surface area contributed by atoms with Gasteiger partial charge in [-0.2, -0.15) is 0 Å². The van der Waals surface area contributed by atoms with Gasteiger partial charge in [0.05, 0.1) is 0 Å². The number of benzene rings is 1. The van der Waals surface area contributed by atoms with Crippen molar-refractivity contribution in [3.05, 3.63) is 40.6 Å². The molecule has 0 bridgehead atoms. The summed E-state index contributed by atoms with van der Waals surface area (Å²) in [5.41, 5.74) is 1.39. The predicted molar refractivity (Wildman–Crippen MR) is 69.6 cm³/mol. The van der Waals surface area contributed by atoms with Crippen molar-refractivity contribution in [2.24, 2.45) is 0 Å². The lowest BCUT2D eigenvalue weighted by Gasteiger charge is -2.03. The van der Waals surface area contributed by atoms with Crippen LogP contribution in [-0.4, -0.2) is 20.8 Å². The molecule has 0 aliphatic carbocycles. The van der Waals surface area contributed by atoms with Gasteiger partial charge in [0, 0.05) is 17.7 Å². The number of nitrogens with one attached hydrogen (secondary N) is 2. The molecular formula is C12H12N4O3. The van der Waals surface area contributed by atoms with Crippen molar-refractivity contribution < 1.29 is 9.72 Å². The summed E-state index contributed by atoms with van der Waals surface area (Å²) in [6, 6.07) is 6.90. The normalized spacial score (nSPS) is 10.2. The van der Waals surface area contributed by atoms with E-state index in [0.29, 0.717) is 23.5 Å². The molecule has 2 rings (SSSR count). The number of carbonyl (C=O) groups is 1. The number of hydrogen-bond donors (Lipinski definition) is 2. The van der Waals surface area contributed by atoms with E-state index in [2.05, 4.69) is 15.3 Å². The van der Waals surface area contributed by atoms with Crippen LogP contribution < -0.4 is 5.32 Å². The van der Waals surface area contributed by atoms with Crippen molar-refractivity contribution in [3.63, 3.8) is 0 Å². The molecule has 0 spiro atoms. The van der Waals surface area contributed by atoms with Crippen LogP contribution in [0.2, 0.25) is 0 Å². The standard InChI is InChI=1S/C12H12N4O3/c1-2-11(17)14-9-5-3-8(4-6-9)12-13-7-10(15-12)16(18)19/h3-7H,2H2,1H3,(H,13,15)(H,14,17). The van der Waals surface area contributed by atoms with E-state index in [9.17, 15) is 14.9 Å². The minimum atomic E-state index is -0.535. The fourth-order valence-electron chi connectivity index (χ4n) is 1.51. The second-order valence-corrected chi connectivity index (χ2v) is 3.85. The van der Waals surface area contributed by atoms with Gasteiger partial charge in [0.2, 0.25) is 11.7 Å². The lowest BCUT2D eigenvalue weighted by atomic mass is 10.2. The first-order valence-electron chi connectivity index (χ1n) is 5.70. The van der Waals surface area contributed by atoms with Crippen LogP contribution in [0.4, 0.5) is 11.5 Å². The van der Waals surface area contributed by atoms with Gasteiger partial charge in [-0.1, -0.05) is 6.92 Å². The number of nitro groups is 1. The van der Waals surface area contributed by atoms with Gasteiger partial charge in [-0.25, -0.2) is 9.97 Å². The van der Waals surface area contributed by atoms with Crippen molar-refractivity contribution in [2.75, 3.05) is 5.32 Å². The summed E-state index contributed by atoms with van der Waals surface area (Å²) in [6.07, 6.45) is 1.58. The average Bonchev–Trinajstić information content (AvgIpc) is 2.89. The van der Waals surface area contributed by atoms with Gasteiger partial charge in [0.25, 0.3) is 0 Å². The Morgan fingerprint density at radius 2 is 2.11 bits per heavy atom. The molecule has 1 heterocycles. The number of amides is 1. The summed E-state index contributed by atoms with van der Waals surface area (Å²) in [6.45, 7) is 1.77. The third-order valence-electron chi connectivity index (χ3n) is 2.52. The van der Waals surface area contributed by atoms with Gasteiger partial charge in [0.1, 0.15) is 6.20 Å². The van der Waals surface area contributed by atoms with Crippen LogP contribution in [0, 0.1) is 10.1 Å². The Morgan fingerprint density at radius 3 is 2.63 bits per heavy atom. The van der Waals surface area contributed by atoms with E-state index in [1.54, 1.807) is 31.2 Å². The molecule has 7 nitrogen and oxygen atoms in total. The van der Waals surface area contributed by atoms with Crippen LogP contribution in [0.25, 0.3) is 11.4 Å². The van der Waals surface area contributed by atoms with Crippen molar-refractivity contribution in [3.8, 4) is 11.4 Å². The summed E-state index contributed by atoms with van der Waals surface area (Å²) in [4.78, 5) is 27.7. The number of H-pyrrole nitrogens is 1. The van der Waals surface area contributed by atoms with Gasteiger partial charge in [-0.3, -0.25) is 4.79 Å². The van der Waals surface area contributed by atoms with E-state index in [1.165, 1.54) is 6.20 Å². The molecule has 7 heteroatoms. The molecule has 0 radical (unpaired) electrons. The second kappa shape index (κ2) is 5.30. The van der Waals surface area contributed by atoms with Crippen LogP contribution in [0.5, 0.6) is 0 Å². The summed E-state index contributed by atoms with van der Waals surface area (Å²) < 4.78 is 0. The molecule has 2 N–H and O–H groups in total. The first-order chi connectivity index (χ1) is 9.10. The molecule has 0 unspecified atom stereocenters. The molecule has 1 aromatic carbocycles. The zero-order chi connectivity index (χ0) is 13.8. The SMILES string of the molecule is CCC(=O)Nc1ccc(-c2ncc([N+](=O)[O-])[nH]2)cc1. The molecule has 98 valence electrons. The molecule has 0 saturated heterocycles. The van der Waals surface area contributed by atoms with Crippen molar-refractivity contribution in [1.29, 1.82) is 0 Å². The number of nitrogens with zero attached hydrogens (tertiary/aromatic N) is 2. The van der Waals surface area contributed by atoms with Gasteiger partial charge in [-0.05, 0) is 29.2 Å². The van der Waals surface area contributed by atoms with E-state index in [-0.39, 0.29) is 11.7 Å². The number of rotatable bonds is 4. The average molecular weight is 260 g/mol. The number of aromatic amines is 1. The smallest absolute Gasteiger partial charge is 0.340 e. The molecule has 0 aliphatic rings. The zero-order valence-electron chi connectivity index (χ0n) is 10.2. The fraction of sp³-hybridized carbons (Fsp3) is 0.167. The highest BCUT2D eigenvalue weighted by molar-refractivity contribution is 5.90. The summed E-state index contributed by atoms with van der Waals surface area (Å²) in [5, 5.41) is 13.3. The van der Waals surface area contributed by atoms with E-state index < -0.39 is 4.92 Å². The Labute approximate surface area is 108 Å². The first kappa shape index (κ1) is 12.7. The number of imidazole rings is 1. The third-order valence-corrected chi connectivity index (χ3v) is 2.52. The number of anilines is 1. The molecular weight excluding hydrogens is 248 g/mol. The topological polar surface area (TPSA) is 101 Å². The van der Waals surface area contributed by atoms with Crippen LogP contribution in [0.1, 0.15) is 13.3 Å². The second-order valence-electron chi connectivity index (χ2n) is 3.85. The van der Waals surface area contributed by atoms with E-state index >= 15 is 0 Å². The molecule has 1 amide bonds. The maximum atomic E-state index is 11.2. The highest BCUT2D eigenvalue weighted by atomic mass is 16.6. The quantitative estimate of drug-likeness (QED) is 0.650. The van der Waals surface area contributed by atoms with Crippen LogP contribution in [-0.2, 0) is 4.79 Å². The number of aromatic nitrogens is 2. The van der Waals surface area contributed by atoms with Gasteiger partial charge >= 0.3 is 5.82 Å². The molecule has 19 heavy (non-hydrogen) atoms. The van der Waals surface area contributed by atoms with Crippen LogP contribution in [0.3, 0.4) is 0 Å². The lowest BCUT2D eigenvalue weighted by molar-refractivity contribution is -0.389. The Balaban J connectivity index is 2.17. The van der Waals surface area contributed by atoms with Gasteiger partial charge in [-0.15, -0.1) is 0 Å². The van der Waals surface area contributed by atoms with Crippen LogP contribution in [0.15, 0.2) is 30.5 Å². The van der Waals surface area contributed by atoms with Crippen LogP contribution >= 0.6 is 0 Å². The maximum absolute atomic E-state index is 11.2. The van der Waals surface area contributed by atoms with Crippen molar-refractivity contribution in [2.45, 2.75) is 13.3 Å². The Hall–Kier alpha value is -2.70. The molecule has 2 aromatic rings. The Kier molecular flexibility index (Phi) is 3.56. The minimum Gasteiger partial charge on any atom is -0.358 e. The highest BCUT2D eigenvalue weighted by Crippen LogP contribution is 2.20. The Morgan fingerprint density at radius 1 is 1.42 bits per heavy atom. The third kappa shape index (κ3) is 2.95. The first-order valence-corrected chi connectivity index (χ1v) is 5.70. The molecule has 0 atom stereocenters. The fourth-order valence-corrected chi connectivity index (χ4v) is 1.51. The largest absolute Gasteiger partial charge is 0.358 e. The maximum Gasteiger partial charge on any atom is 0.340 e. The number of hydrogen-bond acceptors (Lipinski definition) is 4. The van der Waals surface area contributed by atoms with E-state index in [1.807, 2.05) is 0 Å². The molecule has 0 fully saturated rings. The van der Waals surface area contributed by atoms with Crippen molar-refractivity contribution >= 4 is 17.4 Å².